The highest BCUT2D eigenvalue weighted by atomic mass is 16.5. The van der Waals surface area contributed by atoms with Crippen molar-refractivity contribution in [1.82, 2.24) is 5.32 Å². The van der Waals surface area contributed by atoms with Gasteiger partial charge in [-0.1, -0.05) is 37.6 Å². The van der Waals surface area contributed by atoms with Gasteiger partial charge in [-0.3, -0.25) is 0 Å². The van der Waals surface area contributed by atoms with Crippen LogP contribution in [0.1, 0.15) is 50.8 Å². The van der Waals surface area contributed by atoms with Gasteiger partial charge >= 0.3 is 0 Å². The first-order chi connectivity index (χ1) is 13.9. The van der Waals surface area contributed by atoms with Gasteiger partial charge in [-0.25, -0.2) is 0 Å². The summed E-state index contributed by atoms with van der Waals surface area (Å²) in [6.45, 7) is 7.49. The molecular formula is C24H35NO4. The smallest absolute Gasteiger partial charge is 0.160 e. The van der Waals surface area contributed by atoms with Crippen LogP contribution < -0.4 is 19.5 Å². The molecule has 2 rings (SSSR count). The molecule has 0 amide bonds. The summed E-state index contributed by atoms with van der Waals surface area (Å²) in [6.07, 6.45) is 2.23. The third-order valence-electron chi connectivity index (χ3n) is 4.90. The predicted octanol–water partition coefficient (Wildman–Crippen LogP) is 4.53. The highest BCUT2D eigenvalue weighted by Gasteiger charge is 2.22. The minimum atomic E-state index is -0.641. The van der Waals surface area contributed by atoms with Gasteiger partial charge < -0.3 is 24.6 Å². The largest absolute Gasteiger partial charge is 0.493 e. The summed E-state index contributed by atoms with van der Waals surface area (Å²) in [5.74, 6) is 2.20. The lowest BCUT2D eigenvalue weighted by molar-refractivity contribution is 0.155. The number of benzene rings is 2. The van der Waals surface area contributed by atoms with E-state index in [-0.39, 0.29) is 5.54 Å². The lowest BCUT2D eigenvalue weighted by atomic mass is 9.94. The van der Waals surface area contributed by atoms with Crippen molar-refractivity contribution >= 4 is 0 Å². The van der Waals surface area contributed by atoms with Crippen LogP contribution in [0.3, 0.4) is 0 Å². The van der Waals surface area contributed by atoms with Crippen LogP contribution in [-0.2, 0) is 6.42 Å². The Bertz CT molecular complexity index is 760. The molecule has 0 radical (unpaired) electrons. The van der Waals surface area contributed by atoms with E-state index in [2.05, 4.69) is 26.1 Å². The maximum atomic E-state index is 10.8. The first kappa shape index (κ1) is 23.0. The highest BCUT2D eigenvalue weighted by Crippen LogP contribution is 2.29. The number of nitrogens with one attached hydrogen (secondary N) is 1. The Kier molecular flexibility index (Phi) is 8.80. The molecule has 2 aromatic rings. The van der Waals surface area contributed by atoms with Gasteiger partial charge in [0.15, 0.2) is 11.5 Å². The molecule has 160 valence electrons. The Morgan fingerprint density at radius 2 is 1.72 bits per heavy atom. The average molecular weight is 402 g/mol. The van der Waals surface area contributed by atoms with E-state index < -0.39 is 6.10 Å². The summed E-state index contributed by atoms with van der Waals surface area (Å²) in [7, 11) is 3.27. The van der Waals surface area contributed by atoms with Crippen LogP contribution in [0.4, 0.5) is 0 Å². The summed E-state index contributed by atoms with van der Waals surface area (Å²) in [4.78, 5) is 0. The van der Waals surface area contributed by atoms with Crippen molar-refractivity contribution in [2.24, 2.45) is 0 Å². The number of para-hydroxylation sites is 1. The van der Waals surface area contributed by atoms with E-state index in [1.54, 1.807) is 14.2 Å². The topological polar surface area (TPSA) is 60.0 Å². The fraction of sp³-hybridized carbons (Fsp3) is 0.500. The van der Waals surface area contributed by atoms with Gasteiger partial charge in [0.05, 0.1) is 26.9 Å². The van der Waals surface area contributed by atoms with Crippen LogP contribution in [0.5, 0.6) is 17.2 Å². The van der Waals surface area contributed by atoms with Crippen LogP contribution >= 0.6 is 0 Å². The zero-order valence-corrected chi connectivity index (χ0v) is 18.3. The van der Waals surface area contributed by atoms with Crippen molar-refractivity contribution in [2.45, 2.75) is 51.7 Å². The van der Waals surface area contributed by atoms with Gasteiger partial charge in [-0.15, -0.1) is 0 Å². The van der Waals surface area contributed by atoms with E-state index in [0.29, 0.717) is 13.2 Å². The second-order valence-electron chi connectivity index (χ2n) is 7.89. The molecule has 0 aliphatic heterocycles. The van der Waals surface area contributed by atoms with E-state index in [9.17, 15) is 5.11 Å². The molecule has 0 bridgehead atoms. The van der Waals surface area contributed by atoms with Crippen LogP contribution in [0.25, 0.3) is 0 Å². The van der Waals surface area contributed by atoms with Crippen molar-refractivity contribution in [3.05, 3.63) is 53.6 Å². The predicted molar refractivity (Wildman–Crippen MR) is 117 cm³/mol. The Hall–Kier alpha value is -2.24. The Labute approximate surface area is 175 Å². The molecule has 5 heteroatoms. The number of rotatable bonds is 12. The molecule has 0 spiro atoms. The van der Waals surface area contributed by atoms with Crippen molar-refractivity contribution in [2.75, 3.05) is 27.4 Å². The molecular weight excluding hydrogens is 366 g/mol. The van der Waals surface area contributed by atoms with Gasteiger partial charge in [0.2, 0.25) is 0 Å². The van der Waals surface area contributed by atoms with Gasteiger partial charge in [0.25, 0.3) is 0 Å². The maximum Gasteiger partial charge on any atom is 0.160 e. The van der Waals surface area contributed by atoms with Crippen LogP contribution in [0.2, 0.25) is 0 Å². The number of aliphatic hydroxyl groups excluding tert-OH is 1. The molecule has 5 nitrogen and oxygen atoms in total. The minimum absolute atomic E-state index is 0.210. The van der Waals surface area contributed by atoms with Gasteiger partial charge in [-0.05, 0) is 50.5 Å². The molecule has 0 aliphatic rings. The van der Waals surface area contributed by atoms with Crippen molar-refractivity contribution in [3.63, 3.8) is 0 Å². The standard InChI is InChI=1S/C24H35NO4/c1-6-7-14-29-21-11-9-8-10-19(21)20(26)17-25-24(2,3)16-18-12-13-22(27-4)23(15-18)28-5/h8-13,15,20,25-26H,6-7,14,16-17H2,1-5H3. The minimum Gasteiger partial charge on any atom is -0.493 e. The summed E-state index contributed by atoms with van der Waals surface area (Å²) in [5.41, 5.74) is 1.74. The molecule has 0 saturated carbocycles. The Balaban J connectivity index is 1.99. The Morgan fingerprint density at radius 3 is 2.41 bits per heavy atom. The van der Waals surface area contributed by atoms with E-state index in [0.717, 1.165) is 47.6 Å². The van der Waals surface area contributed by atoms with Gasteiger partial charge in [0.1, 0.15) is 5.75 Å². The summed E-state index contributed by atoms with van der Waals surface area (Å²) in [5, 5.41) is 14.2. The zero-order valence-electron chi connectivity index (χ0n) is 18.3. The molecule has 2 aromatic carbocycles. The van der Waals surface area contributed by atoms with Crippen molar-refractivity contribution in [3.8, 4) is 17.2 Å². The lowest BCUT2D eigenvalue weighted by Gasteiger charge is -2.29. The summed E-state index contributed by atoms with van der Waals surface area (Å²) in [6, 6.07) is 13.7. The quantitative estimate of drug-likeness (QED) is 0.512. The average Bonchev–Trinajstić information content (AvgIpc) is 2.72. The summed E-state index contributed by atoms with van der Waals surface area (Å²) >= 11 is 0. The van der Waals surface area contributed by atoms with E-state index in [1.165, 1.54) is 0 Å². The molecule has 0 aromatic heterocycles. The number of ether oxygens (including phenoxy) is 3. The van der Waals surface area contributed by atoms with E-state index >= 15 is 0 Å². The molecule has 2 N–H and O–H groups in total. The third kappa shape index (κ3) is 6.94. The molecule has 0 aliphatic carbocycles. The second kappa shape index (κ2) is 11.1. The number of hydrogen-bond acceptors (Lipinski definition) is 5. The van der Waals surface area contributed by atoms with Gasteiger partial charge in [0, 0.05) is 17.6 Å². The van der Waals surface area contributed by atoms with Crippen LogP contribution in [-0.4, -0.2) is 38.0 Å². The van der Waals surface area contributed by atoms with Crippen molar-refractivity contribution < 1.29 is 19.3 Å². The Morgan fingerprint density at radius 1 is 1.00 bits per heavy atom. The third-order valence-corrected chi connectivity index (χ3v) is 4.90. The first-order valence-corrected chi connectivity index (χ1v) is 10.3. The fourth-order valence-electron chi connectivity index (χ4n) is 3.26. The van der Waals surface area contributed by atoms with Crippen LogP contribution in [0.15, 0.2) is 42.5 Å². The maximum absolute atomic E-state index is 10.8. The van der Waals surface area contributed by atoms with Crippen molar-refractivity contribution in [1.29, 1.82) is 0 Å². The molecule has 0 heterocycles. The van der Waals surface area contributed by atoms with Gasteiger partial charge in [-0.2, -0.15) is 0 Å². The highest BCUT2D eigenvalue weighted by molar-refractivity contribution is 5.43. The van der Waals surface area contributed by atoms with E-state index in [4.69, 9.17) is 14.2 Å². The molecule has 1 unspecified atom stereocenters. The molecule has 1 atom stereocenters. The summed E-state index contributed by atoms with van der Waals surface area (Å²) < 4.78 is 16.6. The first-order valence-electron chi connectivity index (χ1n) is 10.3. The van der Waals surface area contributed by atoms with Crippen LogP contribution in [0, 0.1) is 0 Å². The lowest BCUT2D eigenvalue weighted by Crippen LogP contribution is -2.43. The van der Waals surface area contributed by atoms with E-state index in [1.807, 2.05) is 42.5 Å². The normalized spacial score (nSPS) is 12.5. The fourth-order valence-corrected chi connectivity index (χ4v) is 3.26. The number of methoxy groups -OCH3 is 2. The SMILES string of the molecule is CCCCOc1ccccc1C(O)CNC(C)(C)Cc1ccc(OC)c(OC)c1. The number of β-amino-alcohol motifs (C(OH)–C–C–N with tert-alkyl or cyclic N) is 1. The molecule has 29 heavy (non-hydrogen) atoms. The number of hydrogen-bond donors (Lipinski definition) is 2. The number of aliphatic hydroxyl groups is 1. The number of unbranched alkanes of at least 4 members (excludes halogenated alkanes) is 1. The second-order valence-corrected chi connectivity index (χ2v) is 7.89. The molecule has 0 saturated heterocycles. The molecule has 0 fully saturated rings. The monoisotopic (exact) mass is 401 g/mol. The zero-order chi connectivity index (χ0) is 21.3.